The van der Waals surface area contributed by atoms with Crippen LogP contribution in [0.4, 0.5) is 0 Å². The Morgan fingerprint density at radius 2 is 1.67 bits per heavy atom. The number of carbonyl (C=O) groups excluding carboxylic acids is 2. The molecule has 174 valence electrons. The molecule has 30 heavy (non-hydrogen) atoms. The summed E-state index contributed by atoms with van der Waals surface area (Å²) < 4.78 is 10.6. The van der Waals surface area contributed by atoms with Gasteiger partial charge in [-0.1, -0.05) is 0 Å². The smallest absolute Gasteiger partial charge is 0.372 e. The van der Waals surface area contributed by atoms with Gasteiger partial charge in [-0.2, -0.15) is 0 Å². The van der Waals surface area contributed by atoms with Gasteiger partial charge in [-0.15, -0.1) is 0 Å². The van der Waals surface area contributed by atoms with Crippen molar-refractivity contribution in [3.63, 3.8) is 0 Å². The van der Waals surface area contributed by atoms with Gasteiger partial charge in [-0.25, -0.2) is 4.79 Å². The second-order valence-corrected chi connectivity index (χ2v) is 6.77. The van der Waals surface area contributed by atoms with Crippen LogP contribution in [0.5, 0.6) is 0 Å². The minimum Gasteiger partial charge on any atom is -0.475 e. The summed E-state index contributed by atoms with van der Waals surface area (Å²) in [6.07, 6.45) is -15.5. The van der Waals surface area contributed by atoms with E-state index in [1.807, 2.05) is 0 Å². The van der Waals surface area contributed by atoms with Crippen LogP contribution in [0, 0.1) is 0 Å². The highest BCUT2D eigenvalue weighted by molar-refractivity contribution is 6.32. The molecular weight excluding hydrogens is 414 g/mol. The first-order chi connectivity index (χ1) is 13.9. The zero-order chi connectivity index (χ0) is 23.2. The van der Waals surface area contributed by atoms with Crippen LogP contribution >= 0.6 is 0 Å². The average Bonchev–Trinajstić information content (AvgIpc) is 2.69. The molecule has 1 amide bonds. The number of nitrogens with one attached hydrogen (secondary N) is 1. The molecule has 0 saturated carbocycles. The third-order valence-electron chi connectivity index (χ3n) is 4.47. The molecule has 0 aromatic heterocycles. The van der Waals surface area contributed by atoms with E-state index in [4.69, 9.17) is 19.7 Å². The van der Waals surface area contributed by atoms with Gasteiger partial charge < -0.3 is 55.6 Å². The van der Waals surface area contributed by atoms with Gasteiger partial charge in [-0.05, 0) is 0 Å². The van der Waals surface area contributed by atoms with Crippen molar-refractivity contribution >= 4 is 17.7 Å². The number of aliphatic hydroxyl groups excluding tert-OH is 7. The molecule has 0 radical (unpaired) electrons. The number of carboxylic acid groups (broad SMARTS) is 1. The molecule has 14 heteroatoms. The number of Topliss-reactive ketones (excluding diaryl/α,β-unsaturated/α-hetero) is 1. The van der Waals surface area contributed by atoms with Crippen molar-refractivity contribution in [3.05, 3.63) is 0 Å². The predicted molar refractivity (Wildman–Crippen MR) is 92.6 cm³/mol. The SMILES string of the molecule is CC(=O)N[C@H]1[C@H](O[C@@H]([C@H](O)[C@H](O)CO)[C@H](O)CC(=O)C(=O)O)O[C@H](CO)[C@H](O)[C@@H]1O. The van der Waals surface area contributed by atoms with E-state index in [1.165, 1.54) is 0 Å². The zero-order valence-electron chi connectivity index (χ0n) is 15.9. The fraction of sp³-hybridized carbons (Fsp3) is 0.812. The highest BCUT2D eigenvalue weighted by atomic mass is 16.7. The molecule has 0 aromatic carbocycles. The van der Waals surface area contributed by atoms with Gasteiger partial charge in [0.15, 0.2) is 6.29 Å². The number of aliphatic hydroxyl groups is 7. The molecular formula is C16H27NO13. The third-order valence-corrected chi connectivity index (χ3v) is 4.47. The fourth-order valence-corrected chi connectivity index (χ4v) is 2.86. The summed E-state index contributed by atoms with van der Waals surface area (Å²) in [5.74, 6) is -4.03. The molecule has 1 rings (SSSR count). The van der Waals surface area contributed by atoms with Gasteiger partial charge in [0.1, 0.15) is 42.7 Å². The second-order valence-electron chi connectivity index (χ2n) is 6.77. The van der Waals surface area contributed by atoms with E-state index in [0.29, 0.717) is 0 Å². The first-order valence-corrected chi connectivity index (χ1v) is 8.90. The summed E-state index contributed by atoms with van der Waals surface area (Å²) in [4.78, 5) is 33.6. The molecule has 0 aliphatic carbocycles. The molecule has 0 bridgehead atoms. The number of ketones is 1. The van der Waals surface area contributed by atoms with E-state index in [1.54, 1.807) is 0 Å². The maximum Gasteiger partial charge on any atom is 0.372 e. The summed E-state index contributed by atoms with van der Waals surface area (Å²) in [6, 6.07) is -1.48. The van der Waals surface area contributed by atoms with E-state index in [-0.39, 0.29) is 0 Å². The number of rotatable bonds is 11. The highest BCUT2D eigenvalue weighted by Gasteiger charge is 2.48. The highest BCUT2D eigenvalue weighted by Crippen LogP contribution is 2.25. The standard InChI is InChI=1S/C16H27NO13/c1-5(20)17-10-13(26)12(25)9(4-19)29-16(10)30-14(11(24)8(23)3-18)6(21)2-7(22)15(27)28/h6,8-14,16,18-19,21,23-26H,2-4H2,1H3,(H,17,20)(H,27,28)/t6-,8-,9-,10-,11-,12+,13-,14-,16+/m1/s1. The minimum absolute atomic E-state index is 0.694. The van der Waals surface area contributed by atoms with Gasteiger partial charge in [0.25, 0.3) is 0 Å². The lowest BCUT2D eigenvalue weighted by atomic mass is 9.95. The lowest BCUT2D eigenvalue weighted by Crippen LogP contribution is -2.66. The summed E-state index contributed by atoms with van der Waals surface area (Å²) in [5, 5.41) is 79.6. The van der Waals surface area contributed by atoms with Crippen molar-refractivity contribution in [3.8, 4) is 0 Å². The van der Waals surface area contributed by atoms with Crippen LogP contribution in [0.2, 0.25) is 0 Å². The summed E-state index contributed by atoms with van der Waals surface area (Å²) in [5.41, 5.74) is 0. The lowest BCUT2D eigenvalue weighted by molar-refractivity contribution is -0.301. The molecule has 0 spiro atoms. The van der Waals surface area contributed by atoms with Crippen LogP contribution in [0.15, 0.2) is 0 Å². The van der Waals surface area contributed by atoms with Crippen LogP contribution in [-0.4, -0.2) is 127 Å². The molecule has 1 heterocycles. The van der Waals surface area contributed by atoms with Crippen molar-refractivity contribution in [2.24, 2.45) is 0 Å². The Labute approximate surface area is 170 Å². The van der Waals surface area contributed by atoms with Crippen LogP contribution in [0.1, 0.15) is 13.3 Å². The van der Waals surface area contributed by atoms with E-state index in [9.17, 15) is 45.0 Å². The molecule has 1 aliphatic heterocycles. The maximum absolute atomic E-state index is 11.4. The van der Waals surface area contributed by atoms with E-state index in [0.717, 1.165) is 6.92 Å². The lowest BCUT2D eigenvalue weighted by Gasteiger charge is -2.44. The van der Waals surface area contributed by atoms with Crippen LogP contribution in [-0.2, 0) is 23.9 Å². The average molecular weight is 441 g/mol. The number of hydrogen-bond donors (Lipinski definition) is 9. The van der Waals surface area contributed by atoms with Crippen LogP contribution in [0.3, 0.4) is 0 Å². The molecule has 1 saturated heterocycles. The fourth-order valence-electron chi connectivity index (χ4n) is 2.86. The predicted octanol–water partition coefficient (Wildman–Crippen LogP) is -5.57. The second kappa shape index (κ2) is 11.6. The molecule has 9 N–H and O–H groups in total. The topological polar surface area (TPSA) is 244 Å². The van der Waals surface area contributed by atoms with Crippen molar-refractivity contribution in [1.82, 2.24) is 5.32 Å². The van der Waals surface area contributed by atoms with E-state index < -0.39 is 92.4 Å². The molecule has 0 aromatic rings. The number of aliphatic carboxylic acids is 1. The van der Waals surface area contributed by atoms with Crippen molar-refractivity contribution in [2.75, 3.05) is 13.2 Å². The van der Waals surface area contributed by atoms with E-state index in [2.05, 4.69) is 5.32 Å². The van der Waals surface area contributed by atoms with Crippen LogP contribution in [0.25, 0.3) is 0 Å². The number of amides is 1. The van der Waals surface area contributed by atoms with Gasteiger partial charge in [0, 0.05) is 13.3 Å². The Morgan fingerprint density at radius 3 is 2.13 bits per heavy atom. The number of ether oxygens (including phenoxy) is 2. The number of carbonyl (C=O) groups is 3. The molecule has 1 fully saturated rings. The monoisotopic (exact) mass is 441 g/mol. The zero-order valence-corrected chi connectivity index (χ0v) is 15.9. The summed E-state index contributed by atoms with van der Waals surface area (Å²) in [6.45, 7) is -0.726. The molecule has 14 nitrogen and oxygen atoms in total. The minimum atomic E-state index is -2.07. The normalized spacial score (nSPS) is 30.7. The molecule has 9 atom stereocenters. The number of hydrogen-bond acceptors (Lipinski definition) is 12. The first-order valence-electron chi connectivity index (χ1n) is 8.90. The van der Waals surface area contributed by atoms with Crippen molar-refractivity contribution < 1.29 is 64.7 Å². The quantitative estimate of drug-likeness (QED) is 0.136. The Morgan fingerprint density at radius 1 is 1.07 bits per heavy atom. The number of carboxylic acids is 1. The van der Waals surface area contributed by atoms with Crippen molar-refractivity contribution in [1.29, 1.82) is 0 Å². The first kappa shape index (κ1) is 26.3. The van der Waals surface area contributed by atoms with Gasteiger partial charge in [0.05, 0.1) is 19.3 Å². The Balaban J connectivity index is 3.18. The third kappa shape index (κ3) is 6.63. The van der Waals surface area contributed by atoms with Gasteiger partial charge in [-0.3, -0.25) is 9.59 Å². The largest absolute Gasteiger partial charge is 0.475 e. The summed E-state index contributed by atoms with van der Waals surface area (Å²) in [7, 11) is 0. The van der Waals surface area contributed by atoms with Crippen LogP contribution < -0.4 is 5.32 Å². The maximum atomic E-state index is 11.4. The molecule has 1 aliphatic rings. The Kier molecular flexibility index (Phi) is 10.2. The molecule has 0 unspecified atom stereocenters. The van der Waals surface area contributed by atoms with Gasteiger partial charge in [0.2, 0.25) is 11.7 Å². The Bertz CT molecular complexity index is 602. The van der Waals surface area contributed by atoms with E-state index >= 15 is 0 Å². The van der Waals surface area contributed by atoms with Gasteiger partial charge >= 0.3 is 5.97 Å². The Hall–Kier alpha value is -1.75. The summed E-state index contributed by atoms with van der Waals surface area (Å²) >= 11 is 0. The van der Waals surface area contributed by atoms with Crippen molar-refractivity contribution in [2.45, 2.75) is 68.4 Å².